The summed E-state index contributed by atoms with van der Waals surface area (Å²) in [6, 6.07) is 13.9. The van der Waals surface area contributed by atoms with Crippen LogP contribution in [0.15, 0.2) is 48.5 Å². The van der Waals surface area contributed by atoms with E-state index in [4.69, 9.17) is 9.47 Å². The van der Waals surface area contributed by atoms with Crippen molar-refractivity contribution in [2.75, 3.05) is 19.0 Å². The molecule has 1 amide bonds. The molecule has 0 aliphatic carbocycles. The van der Waals surface area contributed by atoms with Crippen LogP contribution in [0.1, 0.15) is 10.4 Å². The molecule has 2 rings (SSSR count). The van der Waals surface area contributed by atoms with E-state index in [1.807, 2.05) is 18.2 Å². The zero-order valence-electron chi connectivity index (χ0n) is 11.8. The van der Waals surface area contributed by atoms with Crippen molar-refractivity contribution in [1.29, 1.82) is 0 Å². The zero-order valence-corrected chi connectivity index (χ0v) is 14.0. The lowest BCUT2D eigenvalue weighted by molar-refractivity contribution is -0.119. The molecule has 0 saturated carbocycles. The van der Waals surface area contributed by atoms with E-state index in [2.05, 4.69) is 27.9 Å². The van der Waals surface area contributed by atoms with Crippen molar-refractivity contribution in [2.24, 2.45) is 0 Å². The first-order chi connectivity index (χ1) is 10.6. The molecule has 6 heteroatoms. The van der Waals surface area contributed by atoms with Crippen molar-refractivity contribution < 1.29 is 19.1 Å². The van der Waals surface area contributed by atoms with Crippen LogP contribution in [0.25, 0.3) is 0 Å². The highest BCUT2D eigenvalue weighted by atomic mass is 127. The van der Waals surface area contributed by atoms with Crippen molar-refractivity contribution in [3.63, 3.8) is 0 Å². The molecule has 0 fully saturated rings. The summed E-state index contributed by atoms with van der Waals surface area (Å²) in [6.07, 6.45) is 0. The third-order valence-corrected chi connectivity index (χ3v) is 3.42. The van der Waals surface area contributed by atoms with Gasteiger partial charge in [0, 0.05) is 9.26 Å². The third-order valence-electron chi connectivity index (χ3n) is 2.75. The van der Waals surface area contributed by atoms with Gasteiger partial charge in [-0.15, -0.1) is 0 Å². The van der Waals surface area contributed by atoms with Crippen LogP contribution in [0.2, 0.25) is 0 Å². The Kier molecular flexibility index (Phi) is 5.76. The predicted molar refractivity (Wildman–Crippen MR) is 91.1 cm³/mol. The molecule has 2 aromatic carbocycles. The Morgan fingerprint density at radius 3 is 2.64 bits per heavy atom. The minimum Gasteiger partial charge on any atom is -0.497 e. The van der Waals surface area contributed by atoms with Crippen LogP contribution >= 0.6 is 22.6 Å². The minimum absolute atomic E-state index is 0.335. The number of halogens is 1. The summed E-state index contributed by atoms with van der Waals surface area (Å²) in [5.74, 6) is -0.410. The molecule has 0 aliphatic rings. The van der Waals surface area contributed by atoms with Gasteiger partial charge >= 0.3 is 5.97 Å². The van der Waals surface area contributed by atoms with Gasteiger partial charge in [0.25, 0.3) is 5.91 Å². The van der Waals surface area contributed by atoms with E-state index in [1.54, 1.807) is 30.3 Å². The van der Waals surface area contributed by atoms with Gasteiger partial charge in [0.2, 0.25) is 0 Å². The van der Waals surface area contributed by atoms with E-state index in [9.17, 15) is 9.59 Å². The Balaban J connectivity index is 1.89. The fourth-order valence-electron chi connectivity index (χ4n) is 1.73. The molecule has 0 saturated heterocycles. The van der Waals surface area contributed by atoms with Gasteiger partial charge in [-0.3, -0.25) is 4.79 Å². The second-order valence-corrected chi connectivity index (χ2v) is 5.61. The van der Waals surface area contributed by atoms with E-state index in [1.165, 1.54) is 7.11 Å². The molecule has 0 heterocycles. The van der Waals surface area contributed by atoms with Crippen LogP contribution in [-0.4, -0.2) is 25.6 Å². The molecular weight excluding hydrogens is 397 g/mol. The van der Waals surface area contributed by atoms with Crippen LogP contribution in [0.4, 0.5) is 5.69 Å². The quantitative estimate of drug-likeness (QED) is 0.607. The number of ether oxygens (including phenoxy) is 2. The molecule has 5 nitrogen and oxygen atoms in total. The number of amides is 1. The molecular formula is C16H14INO4. The van der Waals surface area contributed by atoms with E-state index < -0.39 is 11.9 Å². The molecule has 0 bridgehead atoms. The van der Waals surface area contributed by atoms with Gasteiger partial charge in [-0.1, -0.05) is 12.1 Å². The van der Waals surface area contributed by atoms with Crippen molar-refractivity contribution in [2.45, 2.75) is 0 Å². The summed E-state index contributed by atoms with van der Waals surface area (Å²) in [6.45, 7) is -0.346. The van der Waals surface area contributed by atoms with Gasteiger partial charge in [-0.25, -0.2) is 4.79 Å². The van der Waals surface area contributed by atoms with Crippen LogP contribution < -0.4 is 10.1 Å². The molecule has 114 valence electrons. The summed E-state index contributed by atoms with van der Waals surface area (Å²) in [5.41, 5.74) is 0.996. The average Bonchev–Trinajstić information content (AvgIpc) is 2.52. The third kappa shape index (κ3) is 4.73. The average molecular weight is 411 g/mol. The smallest absolute Gasteiger partial charge is 0.338 e. The van der Waals surface area contributed by atoms with Crippen molar-refractivity contribution in [3.05, 3.63) is 57.7 Å². The summed E-state index contributed by atoms with van der Waals surface area (Å²) in [4.78, 5) is 23.6. The van der Waals surface area contributed by atoms with Gasteiger partial charge < -0.3 is 14.8 Å². The van der Waals surface area contributed by atoms with Crippen molar-refractivity contribution in [3.8, 4) is 5.75 Å². The van der Waals surface area contributed by atoms with E-state index >= 15 is 0 Å². The number of carbonyl (C=O) groups excluding carboxylic acids is 2. The predicted octanol–water partition coefficient (Wildman–Crippen LogP) is 3.10. The van der Waals surface area contributed by atoms with Gasteiger partial charge in [0.05, 0.1) is 12.7 Å². The molecule has 0 aliphatic heterocycles. The maximum absolute atomic E-state index is 11.9. The van der Waals surface area contributed by atoms with Crippen molar-refractivity contribution in [1.82, 2.24) is 0 Å². The SMILES string of the molecule is COc1cccc(C(=O)OCC(=O)Nc2cccc(I)c2)c1. The Labute approximate surface area is 141 Å². The van der Waals surface area contributed by atoms with Crippen LogP contribution in [0.5, 0.6) is 5.75 Å². The molecule has 2 aromatic rings. The lowest BCUT2D eigenvalue weighted by atomic mass is 10.2. The Bertz CT molecular complexity index is 687. The molecule has 0 atom stereocenters. The number of methoxy groups -OCH3 is 1. The Hall–Kier alpha value is -2.09. The lowest BCUT2D eigenvalue weighted by Crippen LogP contribution is -2.21. The summed E-state index contributed by atoms with van der Waals surface area (Å²) >= 11 is 2.15. The fourth-order valence-corrected chi connectivity index (χ4v) is 2.27. The number of nitrogens with one attached hydrogen (secondary N) is 1. The largest absolute Gasteiger partial charge is 0.497 e. The zero-order chi connectivity index (χ0) is 15.9. The van der Waals surface area contributed by atoms with Crippen LogP contribution in [0.3, 0.4) is 0 Å². The maximum Gasteiger partial charge on any atom is 0.338 e. The first-order valence-corrected chi connectivity index (χ1v) is 7.53. The number of esters is 1. The Morgan fingerprint density at radius 2 is 1.91 bits per heavy atom. The second-order valence-electron chi connectivity index (χ2n) is 4.37. The van der Waals surface area contributed by atoms with Gasteiger partial charge in [-0.2, -0.15) is 0 Å². The highest BCUT2D eigenvalue weighted by Crippen LogP contribution is 2.14. The van der Waals surface area contributed by atoms with Crippen LogP contribution in [-0.2, 0) is 9.53 Å². The number of anilines is 1. The first-order valence-electron chi connectivity index (χ1n) is 6.45. The normalized spacial score (nSPS) is 9.91. The highest BCUT2D eigenvalue weighted by molar-refractivity contribution is 14.1. The highest BCUT2D eigenvalue weighted by Gasteiger charge is 2.11. The molecule has 0 radical (unpaired) electrons. The fraction of sp³-hybridized carbons (Fsp3) is 0.125. The number of carbonyl (C=O) groups is 2. The number of hydrogen-bond donors (Lipinski definition) is 1. The first kappa shape index (κ1) is 16.3. The number of benzene rings is 2. The lowest BCUT2D eigenvalue weighted by Gasteiger charge is -2.07. The maximum atomic E-state index is 11.9. The molecule has 0 aromatic heterocycles. The molecule has 1 N–H and O–H groups in total. The number of rotatable bonds is 5. The summed E-state index contributed by atoms with van der Waals surface area (Å²) < 4.78 is 11.0. The minimum atomic E-state index is -0.573. The number of hydrogen-bond acceptors (Lipinski definition) is 4. The van der Waals surface area contributed by atoms with Crippen molar-refractivity contribution >= 4 is 40.2 Å². The standard InChI is InChI=1S/C16H14INO4/c1-21-14-7-2-4-11(8-14)16(20)22-10-15(19)18-13-6-3-5-12(17)9-13/h2-9H,10H2,1H3,(H,18,19). The monoisotopic (exact) mass is 411 g/mol. The summed E-state index contributed by atoms with van der Waals surface area (Å²) in [5, 5.41) is 2.67. The second kappa shape index (κ2) is 7.79. The molecule has 22 heavy (non-hydrogen) atoms. The van der Waals surface area contributed by atoms with E-state index in [0.29, 0.717) is 17.0 Å². The topological polar surface area (TPSA) is 64.6 Å². The summed E-state index contributed by atoms with van der Waals surface area (Å²) in [7, 11) is 1.51. The van der Waals surface area contributed by atoms with Gasteiger partial charge in [0.15, 0.2) is 6.61 Å². The Morgan fingerprint density at radius 1 is 1.14 bits per heavy atom. The van der Waals surface area contributed by atoms with Gasteiger partial charge in [0.1, 0.15) is 5.75 Å². The molecule has 0 spiro atoms. The van der Waals surface area contributed by atoms with Gasteiger partial charge in [-0.05, 0) is 59.0 Å². The molecule has 0 unspecified atom stereocenters. The van der Waals surface area contributed by atoms with E-state index in [0.717, 1.165) is 3.57 Å². The van der Waals surface area contributed by atoms with E-state index in [-0.39, 0.29) is 6.61 Å². The van der Waals surface area contributed by atoms with Crippen LogP contribution in [0, 0.1) is 3.57 Å².